The lowest BCUT2D eigenvalue weighted by molar-refractivity contribution is 0.237. The first-order valence-corrected chi connectivity index (χ1v) is 4.52. The summed E-state index contributed by atoms with van der Waals surface area (Å²) in [6, 6.07) is 11.4. The Morgan fingerprint density at radius 1 is 1.21 bits per heavy atom. The van der Waals surface area contributed by atoms with Crippen LogP contribution in [0.3, 0.4) is 0 Å². The predicted molar refractivity (Wildman–Crippen MR) is 58.4 cm³/mol. The number of thiocarbonyl (C=S) groups is 1. The Labute approximate surface area is 86.4 Å². The van der Waals surface area contributed by atoms with Crippen LogP contribution in [0, 0.1) is 0 Å². The van der Waals surface area contributed by atoms with E-state index >= 15 is 0 Å². The molecule has 1 aromatic carbocycles. The Bertz CT molecular complexity index is 484. The average molecular weight is 204 g/mol. The number of benzene rings is 1. The Morgan fingerprint density at radius 3 is 2.79 bits per heavy atom. The highest BCUT2D eigenvalue weighted by molar-refractivity contribution is 7.80. The summed E-state index contributed by atoms with van der Waals surface area (Å²) in [5, 5.41) is 9.68. The highest BCUT2D eigenvalue weighted by Gasteiger charge is 2.01. The van der Waals surface area contributed by atoms with Crippen molar-refractivity contribution < 1.29 is 5.21 Å². The van der Waals surface area contributed by atoms with Crippen LogP contribution >= 0.6 is 12.2 Å². The van der Waals surface area contributed by atoms with Crippen LogP contribution in [0.2, 0.25) is 0 Å². The Balaban J connectivity index is 2.56. The van der Waals surface area contributed by atoms with Gasteiger partial charge in [-0.25, -0.2) is 4.98 Å². The SMILES string of the molecule is ONC(=S)c1ccc2ccccc2n1. The summed E-state index contributed by atoms with van der Waals surface area (Å²) in [6.07, 6.45) is 0. The topological polar surface area (TPSA) is 45.1 Å². The van der Waals surface area contributed by atoms with Crippen LogP contribution < -0.4 is 5.48 Å². The number of hydrogen-bond acceptors (Lipinski definition) is 3. The molecular weight excluding hydrogens is 196 g/mol. The largest absolute Gasteiger partial charge is 0.290 e. The second-order valence-corrected chi connectivity index (χ2v) is 3.24. The smallest absolute Gasteiger partial charge is 0.149 e. The van der Waals surface area contributed by atoms with Gasteiger partial charge < -0.3 is 0 Å². The normalized spacial score (nSPS) is 10.1. The van der Waals surface area contributed by atoms with E-state index in [9.17, 15) is 0 Å². The summed E-state index contributed by atoms with van der Waals surface area (Å²) in [6.45, 7) is 0. The van der Waals surface area contributed by atoms with Crippen LogP contribution in [-0.2, 0) is 0 Å². The highest BCUT2D eigenvalue weighted by atomic mass is 32.1. The van der Waals surface area contributed by atoms with Crippen LogP contribution in [0.25, 0.3) is 10.9 Å². The van der Waals surface area contributed by atoms with Gasteiger partial charge in [-0.1, -0.05) is 36.5 Å². The maximum atomic E-state index is 8.63. The molecule has 0 aliphatic heterocycles. The van der Waals surface area contributed by atoms with Crippen molar-refractivity contribution >= 4 is 28.1 Å². The summed E-state index contributed by atoms with van der Waals surface area (Å²) in [5.74, 6) is 0. The summed E-state index contributed by atoms with van der Waals surface area (Å²) in [5.41, 5.74) is 3.35. The summed E-state index contributed by atoms with van der Waals surface area (Å²) in [7, 11) is 0. The Morgan fingerprint density at radius 2 is 2.00 bits per heavy atom. The van der Waals surface area contributed by atoms with E-state index in [0.29, 0.717) is 5.69 Å². The van der Waals surface area contributed by atoms with Gasteiger partial charge >= 0.3 is 0 Å². The number of rotatable bonds is 1. The number of aromatic nitrogens is 1. The first-order valence-electron chi connectivity index (χ1n) is 4.11. The minimum absolute atomic E-state index is 0.232. The molecule has 0 saturated heterocycles. The Kier molecular flexibility index (Phi) is 2.39. The standard InChI is InChI=1S/C10H8N2OS/c13-12-10(14)9-6-5-7-3-1-2-4-8(7)11-9/h1-6,13H,(H,12,14). The molecule has 2 aromatic rings. The molecule has 4 heteroatoms. The van der Waals surface area contributed by atoms with Gasteiger partial charge in [-0.05, 0) is 12.1 Å². The van der Waals surface area contributed by atoms with E-state index < -0.39 is 0 Å². The van der Waals surface area contributed by atoms with E-state index in [-0.39, 0.29) is 4.99 Å². The second kappa shape index (κ2) is 3.69. The van der Waals surface area contributed by atoms with Gasteiger partial charge in [-0.2, -0.15) is 0 Å². The number of pyridine rings is 1. The van der Waals surface area contributed by atoms with Crippen molar-refractivity contribution in [2.75, 3.05) is 0 Å². The fraction of sp³-hybridized carbons (Fsp3) is 0. The maximum Gasteiger partial charge on any atom is 0.149 e. The molecule has 0 unspecified atom stereocenters. The third-order valence-corrected chi connectivity index (χ3v) is 2.23. The van der Waals surface area contributed by atoms with Gasteiger partial charge in [0, 0.05) is 5.39 Å². The van der Waals surface area contributed by atoms with Crippen LogP contribution in [0.15, 0.2) is 36.4 Å². The van der Waals surface area contributed by atoms with Crippen molar-refractivity contribution in [3.05, 3.63) is 42.1 Å². The van der Waals surface area contributed by atoms with E-state index in [1.54, 1.807) is 6.07 Å². The number of fused-ring (bicyclic) bond motifs is 1. The molecule has 0 amide bonds. The first-order chi connectivity index (χ1) is 6.81. The van der Waals surface area contributed by atoms with Gasteiger partial charge in [-0.15, -0.1) is 0 Å². The lowest BCUT2D eigenvalue weighted by Crippen LogP contribution is -2.18. The summed E-state index contributed by atoms with van der Waals surface area (Å²) >= 11 is 4.86. The van der Waals surface area contributed by atoms with Crippen molar-refractivity contribution in [3.63, 3.8) is 0 Å². The molecule has 14 heavy (non-hydrogen) atoms. The van der Waals surface area contributed by atoms with Gasteiger partial charge in [0.2, 0.25) is 0 Å². The molecule has 0 radical (unpaired) electrons. The average Bonchev–Trinajstić information content (AvgIpc) is 2.27. The van der Waals surface area contributed by atoms with Crippen LogP contribution in [0.1, 0.15) is 5.69 Å². The number of nitrogens with zero attached hydrogens (tertiary/aromatic N) is 1. The molecule has 2 N–H and O–H groups in total. The fourth-order valence-electron chi connectivity index (χ4n) is 1.25. The monoisotopic (exact) mass is 204 g/mol. The molecule has 0 saturated carbocycles. The molecule has 1 heterocycles. The quantitative estimate of drug-likeness (QED) is 0.550. The van der Waals surface area contributed by atoms with E-state index in [1.165, 1.54) is 0 Å². The predicted octanol–water partition coefficient (Wildman–Crippen LogP) is 1.89. The lowest BCUT2D eigenvalue weighted by Gasteiger charge is -2.02. The molecular formula is C10H8N2OS. The highest BCUT2D eigenvalue weighted by Crippen LogP contribution is 2.11. The molecule has 0 spiro atoms. The van der Waals surface area contributed by atoms with E-state index in [4.69, 9.17) is 17.4 Å². The molecule has 1 aromatic heterocycles. The Hall–Kier alpha value is -1.52. The van der Waals surface area contributed by atoms with Gasteiger partial charge in [0.15, 0.2) is 0 Å². The maximum absolute atomic E-state index is 8.63. The molecule has 0 aliphatic carbocycles. The molecule has 0 bridgehead atoms. The third kappa shape index (κ3) is 1.57. The van der Waals surface area contributed by atoms with Crippen molar-refractivity contribution in [1.29, 1.82) is 0 Å². The third-order valence-electron chi connectivity index (χ3n) is 1.93. The number of para-hydroxylation sites is 1. The zero-order valence-electron chi connectivity index (χ0n) is 7.27. The number of hydroxylamine groups is 1. The van der Waals surface area contributed by atoms with Gasteiger partial charge in [0.05, 0.1) is 5.52 Å². The molecule has 70 valence electrons. The van der Waals surface area contributed by atoms with Crippen molar-refractivity contribution in [3.8, 4) is 0 Å². The van der Waals surface area contributed by atoms with Gasteiger partial charge in [-0.3, -0.25) is 10.7 Å². The van der Waals surface area contributed by atoms with Gasteiger partial charge in [0.1, 0.15) is 10.7 Å². The molecule has 0 atom stereocenters. The number of hydrogen-bond donors (Lipinski definition) is 2. The van der Waals surface area contributed by atoms with Gasteiger partial charge in [0.25, 0.3) is 0 Å². The molecule has 3 nitrogen and oxygen atoms in total. The van der Waals surface area contributed by atoms with Crippen LogP contribution in [-0.4, -0.2) is 15.2 Å². The second-order valence-electron chi connectivity index (χ2n) is 2.83. The van der Waals surface area contributed by atoms with Crippen molar-refractivity contribution in [2.45, 2.75) is 0 Å². The summed E-state index contributed by atoms with van der Waals surface area (Å²) < 4.78 is 0. The lowest BCUT2D eigenvalue weighted by atomic mass is 10.2. The first kappa shape index (κ1) is 9.05. The molecule has 2 rings (SSSR count). The number of nitrogens with one attached hydrogen (secondary N) is 1. The minimum atomic E-state index is 0.232. The summed E-state index contributed by atoms with van der Waals surface area (Å²) in [4.78, 5) is 4.51. The molecule has 0 fully saturated rings. The van der Waals surface area contributed by atoms with E-state index in [1.807, 2.05) is 35.8 Å². The minimum Gasteiger partial charge on any atom is -0.290 e. The fourth-order valence-corrected chi connectivity index (χ4v) is 1.36. The van der Waals surface area contributed by atoms with Crippen LogP contribution in [0.5, 0.6) is 0 Å². The van der Waals surface area contributed by atoms with Crippen molar-refractivity contribution in [2.24, 2.45) is 0 Å². The van der Waals surface area contributed by atoms with E-state index in [2.05, 4.69) is 4.98 Å². The van der Waals surface area contributed by atoms with Crippen molar-refractivity contribution in [1.82, 2.24) is 10.5 Å². The van der Waals surface area contributed by atoms with E-state index in [0.717, 1.165) is 10.9 Å². The zero-order chi connectivity index (χ0) is 9.97. The van der Waals surface area contributed by atoms with Crippen LogP contribution in [0.4, 0.5) is 0 Å². The molecule has 0 aliphatic rings. The zero-order valence-corrected chi connectivity index (χ0v) is 8.08.